The molecule has 4 rings (SSSR count). The van der Waals surface area contributed by atoms with Crippen LogP contribution in [-0.4, -0.2) is 64.1 Å². The molecular formula is C23H30ClN5O3. The van der Waals surface area contributed by atoms with E-state index in [1.807, 2.05) is 24.3 Å². The fourth-order valence-corrected chi connectivity index (χ4v) is 5.11. The number of aromatic nitrogens is 3. The van der Waals surface area contributed by atoms with Crippen LogP contribution in [0.4, 0.5) is 0 Å². The monoisotopic (exact) mass is 459 g/mol. The first kappa shape index (κ1) is 22.7. The number of hydrogen-bond donors (Lipinski definition) is 1. The van der Waals surface area contributed by atoms with Gasteiger partial charge in [0, 0.05) is 24.2 Å². The van der Waals surface area contributed by atoms with Gasteiger partial charge in [-0.1, -0.05) is 48.2 Å². The summed E-state index contributed by atoms with van der Waals surface area (Å²) in [6, 6.07) is 7.90. The summed E-state index contributed by atoms with van der Waals surface area (Å²) in [6.45, 7) is 1.29. The number of likely N-dealkylation sites (tertiary alicyclic amines) is 1. The van der Waals surface area contributed by atoms with Crippen LogP contribution in [0.2, 0.25) is 5.02 Å². The molecule has 9 heteroatoms. The predicted molar refractivity (Wildman–Crippen MR) is 121 cm³/mol. The van der Waals surface area contributed by atoms with Gasteiger partial charge in [0.1, 0.15) is 0 Å². The number of nitrogens with one attached hydrogen (secondary N) is 1. The second-order valence-corrected chi connectivity index (χ2v) is 9.08. The Hall–Kier alpha value is -2.45. The Kier molecular flexibility index (Phi) is 7.42. The van der Waals surface area contributed by atoms with Gasteiger partial charge in [-0.25, -0.2) is 9.48 Å². The Bertz CT molecular complexity index is 943. The molecule has 2 aromatic rings. The Morgan fingerprint density at radius 1 is 1.22 bits per heavy atom. The van der Waals surface area contributed by atoms with Crippen LogP contribution in [0.1, 0.15) is 60.6 Å². The first-order valence-corrected chi connectivity index (χ1v) is 11.7. The zero-order valence-corrected chi connectivity index (χ0v) is 19.1. The minimum absolute atomic E-state index is 0.00786. The van der Waals surface area contributed by atoms with Crippen LogP contribution in [-0.2, 0) is 16.0 Å². The predicted octanol–water partition coefficient (Wildman–Crippen LogP) is 3.03. The molecule has 2 atom stereocenters. The molecule has 1 aromatic carbocycles. The van der Waals surface area contributed by atoms with Crippen molar-refractivity contribution >= 4 is 23.5 Å². The van der Waals surface area contributed by atoms with Gasteiger partial charge in [-0.2, -0.15) is 0 Å². The van der Waals surface area contributed by atoms with Crippen molar-refractivity contribution in [2.75, 3.05) is 20.2 Å². The van der Waals surface area contributed by atoms with E-state index in [-0.39, 0.29) is 23.7 Å². The Morgan fingerprint density at radius 2 is 2.03 bits per heavy atom. The first-order valence-electron chi connectivity index (χ1n) is 11.3. The number of benzene rings is 1. The lowest BCUT2D eigenvalue weighted by Crippen LogP contribution is -2.48. The topological polar surface area (TPSA) is 89.4 Å². The van der Waals surface area contributed by atoms with E-state index in [4.69, 9.17) is 16.3 Å². The van der Waals surface area contributed by atoms with Crippen molar-refractivity contribution in [1.29, 1.82) is 0 Å². The van der Waals surface area contributed by atoms with Crippen LogP contribution in [0.25, 0.3) is 0 Å². The fourth-order valence-electron chi connectivity index (χ4n) is 4.90. The van der Waals surface area contributed by atoms with E-state index < -0.39 is 5.97 Å². The van der Waals surface area contributed by atoms with Crippen molar-refractivity contribution in [2.45, 2.75) is 63.1 Å². The van der Waals surface area contributed by atoms with Gasteiger partial charge in [0.05, 0.1) is 25.4 Å². The Balaban J connectivity index is 1.43. The zero-order valence-electron chi connectivity index (χ0n) is 18.4. The van der Waals surface area contributed by atoms with Gasteiger partial charge in [0.15, 0.2) is 5.69 Å². The molecule has 0 spiro atoms. The average molecular weight is 460 g/mol. The van der Waals surface area contributed by atoms with Gasteiger partial charge in [-0.15, -0.1) is 5.10 Å². The molecule has 32 heavy (non-hydrogen) atoms. The van der Waals surface area contributed by atoms with Crippen molar-refractivity contribution in [1.82, 2.24) is 25.2 Å². The summed E-state index contributed by atoms with van der Waals surface area (Å²) in [5.74, 6) is -0.456. The van der Waals surface area contributed by atoms with Gasteiger partial charge in [-0.05, 0) is 43.4 Å². The molecule has 1 aliphatic heterocycles. The van der Waals surface area contributed by atoms with E-state index >= 15 is 0 Å². The molecule has 1 amide bonds. The lowest BCUT2D eigenvalue weighted by Gasteiger charge is -2.34. The quantitative estimate of drug-likeness (QED) is 0.640. The van der Waals surface area contributed by atoms with E-state index in [9.17, 15) is 9.59 Å². The molecule has 0 bridgehead atoms. The second-order valence-electron chi connectivity index (χ2n) is 8.64. The Morgan fingerprint density at radius 3 is 2.78 bits per heavy atom. The molecular weight excluding hydrogens is 430 g/mol. The van der Waals surface area contributed by atoms with Crippen LogP contribution >= 0.6 is 11.6 Å². The largest absolute Gasteiger partial charge is 0.464 e. The molecule has 172 valence electrons. The third-order valence-corrected chi connectivity index (χ3v) is 6.78. The number of halogens is 1. The fraction of sp³-hybridized carbons (Fsp3) is 0.565. The normalized spacial score (nSPS) is 22.1. The minimum atomic E-state index is -0.506. The van der Waals surface area contributed by atoms with Crippen LogP contribution < -0.4 is 5.32 Å². The summed E-state index contributed by atoms with van der Waals surface area (Å²) in [6.07, 6.45) is 8.88. The number of nitrogens with zero attached hydrogens (tertiary/aromatic N) is 4. The highest BCUT2D eigenvalue weighted by atomic mass is 35.5. The molecule has 1 aromatic heterocycles. The van der Waals surface area contributed by atoms with Crippen LogP contribution in [0.3, 0.4) is 0 Å². The van der Waals surface area contributed by atoms with Gasteiger partial charge in [-0.3, -0.25) is 9.69 Å². The van der Waals surface area contributed by atoms with Crippen molar-refractivity contribution in [3.63, 3.8) is 0 Å². The van der Waals surface area contributed by atoms with Crippen LogP contribution in [0.15, 0.2) is 30.5 Å². The maximum Gasteiger partial charge on any atom is 0.360 e. The lowest BCUT2D eigenvalue weighted by atomic mass is 9.93. The lowest BCUT2D eigenvalue weighted by molar-refractivity contribution is -0.126. The van der Waals surface area contributed by atoms with E-state index in [0.717, 1.165) is 31.4 Å². The van der Waals surface area contributed by atoms with Crippen LogP contribution in [0.5, 0.6) is 0 Å². The standard InChI is InChI=1S/C23H30ClN5O3/c1-32-23(31)20-15-29(27-26-20)19-13-21(28(14-19)18-8-3-2-4-9-18)22(30)25-11-10-16-6-5-7-17(24)12-16/h5-7,12,15,18-19,21H,2-4,8-11,13-14H2,1H3,(H,25,30)/t19-,21+/m1/s1. The van der Waals surface area contributed by atoms with Crippen molar-refractivity contribution in [3.05, 3.63) is 46.7 Å². The summed E-state index contributed by atoms with van der Waals surface area (Å²) in [5.41, 5.74) is 1.29. The number of carbonyl (C=O) groups excluding carboxylic acids is 2. The van der Waals surface area contributed by atoms with E-state index in [1.165, 1.54) is 26.4 Å². The Labute approximate surface area is 193 Å². The van der Waals surface area contributed by atoms with Crippen molar-refractivity contribution < 1.29 is 14.3 Å². The number of ether oxygens (including phenoxy) is 1. The summed E-state index contributed by atoms with van der Waals surface area (Å²) in [5, 5.41) is 11.9. The van der Waals surface area contributed by atoms with Crippen molar-refractivity contribution in [3.8, 4) is 0 Å². The number of amides is 1. The third-order valence-electron chi connectivity index (χ3n) is 6.54. The smallest absolute Gasteiger partial charge is 0.360 e. The number of methoxy groups -OCH3 is 1. The number of rotatable bonds is 7. The third kappa shape index (κ3) is 5.30. The maximum absolute atomic E-state index is 13.2. The van der Waals surface area contributed by atoms with E-state index in [1.54, 1.807) is 10.9 Å². The molecule has 1 saturated heterocycles. The molecule has 2 aliphatic rings. The maximum atomic E-state index is 13.2. The summed E-state index contributed by atoms with van der Waals surface area (Å²) in [4.78, 5) is 27.3. The molecule has 1 N–H and O–H groups in total. The summed E-state index contributed by atoms with van der Waals surface area (Å²) >= 11 is 6.06. The van der Waals surface area contributed by atoms with Gasteiger partial charge in [0.2, 0.25) is 5.91 Å². The van der Waals surface area contributed by atoms with E-state index in [0.29, 0.717) is 24.0 Å². The highest BCUT2D eigenvalue weighted by Crippen LogP contribution is 2.34. The molecule has 1 aliphatic carbocycles. The highest BCUT2D eigenvalue weighted by Gasteiger charge is 2.41. The van der Waals surface area contributed by atoms with Crippen LogP contribution in [0, 0.1) is 0 Å². The van der Waals surface area contributed by atoms with Gasteiger partial charge < -0.3 is 10.1 Å². The molecule has 1 saturated carbocycles. The number of hydrogen-bond acceptors (Lipinski definition) is 6. The van der Waals surface area contributed by atoms with Gasteiger partial charge >= 0.3 is 5.97 Å². The number of esters is 1. The molecule has 0 radical (unpaired) electrons. The van der Waals surface area contributed by atoms with Crippen molar-refractivity contribution in [2.24, 2.45) is 0 Å². The second kappa shape index (κ2) is 10.4. The molecule has 2 heterocycles. The molecule has 2 fully saturated rings. The minimum Gasteiger partial charge on any atom is -0.464 e. The molecule has 0 unspecified atom stereocenters. The summed E-state index contributed by atoms with van der Waals surface area (Å²) < 4.78 is 6.45. The first-order chi connectivity index (χ1) is 15.5. The zero-order chi connectivity index (χ0) is 22.5. The SMILES string of the molecule is COC(=O)c1cn([C@@H]2C[C@@H](C(=O)NCCc3cccc(Cl)c3)N(C3CCCCC3)C2)nn1. The van der Waals surface area contributed by atoms with Gasteiger partial charge in [0.25, 0.3) is 0 Å². The summed E-state index contributed by atoms with van der Waals surface area (Å²) in [7, 11) is 1.32. The molecule has 8 nitrogen and oxygen atoms in total. The number of carbonyl (C=O) groups is 2. The average Bonchev–Trinajstić information content (AvgIpc) is 3.47. The van der Waals surface area contributed by atoms with E-state index in [2.05, 4.69) is 20.5 Å². The highest BCUT2D eigenvalue weighted by molar-refractivity contribution is 6.30.